The highest BCUT2D eigenvalue weighted by Crippen LogP contribution is 2.35. The van der Waals surface area contributed by atoms with E-state index in [4.69, 9.17) is 4.74 Å². The molecule has 3 amide bonds. The van der Waals surface area contributed by atoms with E-state index in [2.05, 4.69) is 19.2 Å². The highest BCUT2D eigenvalue weighted by Gasteiger charge is 2.52. The minimum absolute atomic E-state index is 0.191. The highest BCUT2D eigenvalue weighted by atomic mass is 16.5. The third-order valence-corrected chi connectivity index (χ3v) is 5.15. The quantitative estimate of drug-likeness (QED) is 0.694. The van der Waals surface area contributed by atoms with Crippen LogP contribution in [-0.4, -0.2) is 42.6 Å². The number of carbonyl (C=O) groups is 2. The number of methoxy groups -OCH3 is 1. The number of carbonyl (C=O) groups excluding carboxylic acids is 2. The van der Waals surface area contributed by atoms with Crippen LogP contribution in [0.4, 0.5) is 4.79 Å². The van der Waals surface area contributed by atoms with Crippen molar-refractivity contribution in [2.75, 3.05) is 20.8 Å². The molecule has 3 rings (SSSR count). The van der Waals surface area contributed by atoms with Crippen LogP contribution in [0.1, 0.15) is 31.4 Å². The fraction of sp³-hybridized carbons (Fsp3) is 0.391. The van der Waals surface area contributed by atoms with Crippen molar-refractivity contribution in [3.05, 3.63) is 65.7 Å². The van der Waals surface area contributed by atoms with Crippen molar-refractivity contribution in [3.8, 4) is 5.75 Å². The summed E-state index contributed by atoms with van der Waals surface area (Å²) in [6.45, 7) is 4.96. The third-order valence-electron chi connectivity index (χ3n) is 5.15. The zero-order valence-electron chi connectivity index (χ0n) is 17.5. The summed E-state index contributed by atoms with van der Waals surface area (Å²) in [6, 6.07) is 16.9. The van der Waals surface area contributed by atoms with E-state index in [9.17, 15) is 9.59 Å². The topological polar surface area (TPSA) is 61.9 Å². The summed E-state index contributed by atoms with van der Waals surface area (Å²) >= 11 is 0. The number of urea groups is 1. The van der Waals surface area contributed by atoms with Gasteiger partial charge in [-0.15, -0.1) is 0 Å². The average Bonchev–Trinajstić information content (AvgIpc) is 2.93. The van der Waals surface area contributed by atoms with Crippen molar-refractivity contribution in [1.82, 2.24) is 15.1 Å². The van der Waals surface area contributed by atoms with Crippen LogP contribution in [0.25, 0.3) is 0 Å². The predicted octanol–water partition coefficient (Wildman–Crippen LogP) is 3.58. The lowest BCUT2D eigenvalue weighted by atomic mass is 9.82. The molecule has 0 unspecified atom stereocenters. The first-order valence-electron chi connectivity index (χ1n) is 9.87. The number of imide groups is 1. The van der Waals surface area contributed by atoms with Crippen LogP contribution in [0.5, 0.6) is 5.75 Å². The zero-order chi connectivity index (χ0) is 21.0. The Morgan fingerprint density at radius 1 is 1.07 bits per heavy atom. The van der Waals surface area contributed by atoms with E-state index in [0.717, 1.165) is 16.9 Å². The van der Waals surface area contributed by atoms with E-state index < -0.39 is 5.54 Å². The van der Waals surface area contributed by atoms with Crippen LogP contribution < -0.4 is 10.1 Å². The second-order valence-electron chi connectivity index (χ2n) is 8.04. The molecule has 1 saturated heterocycles. The number of hydrogen-bond acceptors (Lipinski definition) is 4. The summed E-state index contributed by atoms with van der Waals surface area (Å²) in [5.41, 5.74) is 0.900. The molecule has 2 aromatic rings. The van der Waals surface area contributed by atoms with Gasteiger partial charge in [0.2, 0.25) is 0 Å². The smallest absolute Gasteiger partial charge is 0.326 e. The van der Waals surface area contributed by atoms with E-state index in [1.165, 1.54) is 4.90 Å². The largest absolute Gasteiger partial charge is 0.497 e. The highest BCUT2D eigenvalue weighted by molar-refractivity contribution is 6.07. The molecule has 1 heterocycles. The van der Waals surface area contributed by atoms with Crippen LogP contribution in [0.3, 0.4) is 0 Å². The Balaban J connectivity index is 1.77. The molecule has 0 bridgehead atoms. The Bertz CT molecular complexity index is 851. The Hall–Kier alpha value is -2.86. The van der Waals surface area contributed by atoms with E-state index in [1.54, 1.807) is 7.11 Å². The molecule has 154 valence electrons. The molecular formula is C23H29N3O3. The van der Waals surface area contributed by atoms with E-state index in [-0.39, 0.29) is 24.5 Å². The lowest BCUT2D eigenvalue weighted by Crippen LogP contribution is -2.46. The van der Waals surface area contributed by atoms with Crippen LogP contribution in [0, 0.1) is 5.92 Å². The second kappa shape index (κ2) is 8.66. The van der Waals surface area contributed by atoms with Crippen molar-refractivity contribution >= 4 is 11.9 Å². The Labute approximate surface area is 172 Å². The number of amides is 3. The SMILES string of the molecule is COc1ccc(CN(C)CN2C(=O)N[C@](CC(C)C)(c3ccccc3)C2=O)cc1. The van der Waals surface area contributed by atoms with Crippen molar-refractivity contribution in [2.45, 2.75) is 32.4 Å². The van der Waals surface area contributed by atoms with Crippen molar-refractivity contribution < 1.29 is 14.3 Å². The minimum atomic E-state index is -1.01. The molecule has 1 N–H and O–H groups in total. The number of ether oxygens (including phenoxy) is 1. The van der Waals surface area contributed by atoms with Gasteiger partial charge in [0.05, 0.1) is 13.8 Å². The molecule has 0 radical (unpaired) electrons. The average molecular weight is 396 g/mol. The monoisotopic (exact) mass is 395 g/mol. The maximum absolute atomic E-state index is 13.4. The van der Waals surface area contributed by atoms with Crippen molar-refractivity contribution in [3.63, 3.8) is 0 Å². The van der Waals surface area contributed by atoms with Gasteiger partial charge in [-0.2, -0.15) is 0 Å². The van der Waals surface area contributed by atoms with Gasteiger partial charge in [-0.1, -0.05) is 56.3 Å². The fourth-order valence-electron chi connectivity index (χ4n) is 3.88. The van der Waals surface area contributed by atoms with Gasteiger partial charge in [-0.05, 0) is 42.6 Å². The Kier molecular flexibility index (Phi) is 6.23. The number of rotatable bonds is 8. The summed E-state index contributed by atoms with van der Waals surface area (Å²) in [5.74, 6) is 0.854. The maximum atomic E-state index is 13.4. The summed E-state index contributed by atoms with van der Waals surface area (Å²) in [5, 5.41) is 2.99. The van der Waals surface area contributed by atoms with Gasteiger partial charge < -0.3 is 10.1 Å². The first-order valence-corrected chi connectivity index (χ1v) is 9.87. The Morgan fingerprint density at radius 3 is 2.31 bits per heavy atom. The number of nitrogens with one attached hydrogen (secondary N) is 1. The first-order chi connectivity index (χ1) is 13.9. The van der Waals surface area contributed by atoms with Gasteiger partial charge in [0.15, 0.2) is 0 Å². The molecule has 1 aliphatic heterocycles. The van der Waals surface area contributed by atoms with Crippen molar-refractivity contribution in [1.29, 1.82) is 0 Å². The van der Waals surface area contributed by atoms with Crippen LogP contribution >= 0.6 is 0 Å². The lowest BCUT2D eigenvalue weighted by Gasteiger charge is -2.29. The molecular weight excluding hydrogens is 366 g/mol. The summed E-state index contributed by atoms with van der Waals surface area (Å²) < 4.78 is 5.19. The molecule has 29 heavy (non-hydrogen) atoms. The fourth-order valence-corrected chi connectivity index (χ4v) is 3.88. The first kappa shape index (κ1) is 20.9. The normalized spacial score (nSPS) is 19.2. The molecule has 1 atom stereocenters. The van der Waals surface area contributed by atoms with Crippen LogP contribution in [-0.2, 0) is 16.9 Å². The lowest BCUT2D eigenvalue weighted by molar-refractivity contribution is -0.133. The van der Waals surface area contributed by atoms with Gasteiger partial charge in [-0.3, -0.25) is 9.69 Å². The molecule has 0 aromatic heterocycles. The summed E-state index contributed by atoms with van der Waals surface area (Å²) in [7, 11) is 3.53. The minimum Gasteiger partial charge on any atom is -0.497 e. The maximum Gasteiger partial charge on any atom is 0.326 e. The Morgan fingerprint density at radius 2 is 1.72 bits per heavy atom. The predicted molar refractivity (Wildman–Crippen MR) is 112 cm³/mol. The molecule has 2 aromatic carbocycles. The van der Waals surface area contributed by atoms with E-state index >= 15 is 0 Å². The molecule has 6 heteroatoms. The molecule has 0 aliphatic carbocycles. The summed E-state index contributed by atoms with van der Waals surface area (Å²) in [6.07, 6.45) is 0.556. The molecule has 6 nitrogen and oxygen atoms in total. The third kappa shape index (κ3) is 4.43. The van der Waals surface area contributed by atoms with Crippen molar-refractivity contribution in [2.24, 2.45) is 5.92 Å². The van der Waals surface area contributed by atoms with Gasteiger partial charge in [0, 0.05) is 6.54 Å². The van der Waals surface area contributed by atoms with Gasteiger partial charge >= 0.3 is 6.03 Å². The molecule has 0 spiro atoms. The van der Waals surface area contributed by atoms with Gasteiger partial charge in [-0.25, -0.2) is 9.69 Å². The van der Waals surface area contributed by atoms with Crippen LogP contribution in [0.15, 0.2) is 54.6 Å². The van der Waals surface area contributed by atoms with Gasteiger partial charge in [0.1, 0.15) is 11.3 Å². The number of hydrogen-bond donors (Lipinski definition) is 1. The number of benzene rings is 2. The molecule has 1 fully saturated rings. The van der Waals surface area contributed by atoms with E-state index in [0.29, 0.717) is 13.0 Å². The second-order valence-corrected chi connectivity index (χ2v) is 8.04. The molecule has 0 saturated carbocycles. The zero-order valence-corrected chi connectivity index (χ0v) is 17.5. The molecule has 1 aliphatic rings. The summed E-state index contributed by atoms with van der Waals surface area (Å²) in [4.78, 5) is 29.5. The van der Waals surface area contributed by atoms with Crippen LogP contribution in [0.2, 0.25) is 0 Å². The van der Waals surface area contributed by atoms with Gasteiger partial charge in [0.25, 0.3) is 5.91 Å². The number of nitrogens with zero attached hydrogens (tertiary/aromatic N) is 2. The standard InChI is InChI=1S/C23H29N3O3/c1-17(2)14-23(19-8-6-5-7-9-19)21(27)26(22(28)24-23)16-25(3)15-18-10-12-20(29-4)13-11-18/h5-13,17H,14-16H2,1-4H3,(H,24,28)/t23-/m1/s1. The van der Waals surface area contributed by atoms with E-state index in [1.807, 2.05) is 66.5 Å².